The molecule has 0 N–H and O–H groups in total. The highest BCUT2D eigenvalue weighted by Crippen LogP contribution is 2.15. The van der Waals surface area contributed by atoms with Gasteiger partial charge >= 0.3 is 17.9 Å². The summed E-state index contributed by atoms with van der Waals surface area (Å²) >= 11 is 0. The lowest BCUT2D eigenvalue weighted by Gasteiger charge is -2.18. The molecule has 436 valence electrons. The largest absolute Gasteiger partial charge is 0.462 e. The van der Waals surface area contributed by atoms with Crippen LogP contribution in [-0.2, 0) is 28.6 Å². The summed E-state index contributed by atoms with van der Waals surface area (Å²) < 4.78 is 16.8. The van der Waals surface area contributed by atoms with Crippen LogP contribution in [0.4, 0.5) is 0 Å². The summed E-state index contributed by atoms with van der Waals surface area (Å²) in [6, 6.07) is 0. The average molecular weight is 1070 g/mol. The van der Waals surface area contributed by atoms with Gasteiger partial charge in [-0.25, -0.2) is 0 Å². The van der Waals surface area contributed by atoms with E-state index in [1.165, 1.54) is 103 Å². The summed E-state index contributed by atoms with van der Waals surface area (Å²) in [5, 5.41) is 0. The highest BCUT2D eigenvalue weighted by Gasteiger charge is 2.19. The van der Waals surface area contributed by atoms with E-state index >= 15 is 0 Å². The average Bonchev–Trinajstić information content (AvgIpc) is 3.43. The van der Waals surface area contributed by atoms with Crippen LogP contribution in [0.25, 0.3) is 0 Å². The van der Waals surface area contributed by atoms with Crippen LogP contribution in [0.15, 0.2) is 134 Å². The van der Waals surface area contributed by atoms with Gasteiger partial charge in [-0.05, 0) is 116 Å². The molecule has 6 heteroatoms. The van der Waals surface area contributed by atoms with Crippen molar-refractivity contribution in [3.8, 4) is 0 Å². The number of hydrogen-bond donors (Lipinski definition) is 0. The van der Waals surface area contributed by atoms with Gasteiger partial charge < -0.3 is 14.2 Å². The zero-order valence-corrected chi connectivity index (χ0v) is 49.9. The molecule has 0 aromatic rings. The Balaban J connectivity index is 4.20. The van der Waals surface area contributed by atoms with Crippen LogP contribution >= 0.6 is 0 Å². The predicted octanol–water partition coefficient (Wildman–Crippen LogP) is 21.8. The van der Waals surface area contributed by atoms with E-state index < -0.39 is 6.10 Å². The minimum atomic E-state index is -0.787. The molecular formula is C71H116O6. The van der Waals surface area contributed by atoms with Crippen molar-refractivity contribution < 1.29 is 28.6 Å². The number of hydrogen-bond acceptors (Lipinski definition) is 6. The molecule has 0 aromatic heterocycles. The van der Waals surface area contributed by atoms with Crippen molar-refractivity contribution in [3.05, 3.63) is 134 Å². The van der Waals surface area contributed by atoms with E-state index in [1.54, 1.807) is 0 Å². The number of ether oxygens (including phenoxy) is 3. The lowest BCUT2D eigenvalue weighted by Crippen LogP contribution is -2.30. The smallest absolute Gasteiger partial charge is 0.306 e. The molecule has 0 saturated carbocycles. The summed E-state index contributed by atoms with van der Waals surface area (Å²) in [5.74, 6) is -0.907. The Kier molecular flexibility index (Phi) is 60.4. The summed E-state index contributed by atoms with van der Waals surface area (Å²) in [6.45, 7) is 6.36. The molecule has 0 aliphatic rings. The Morgan fingerprint density at radius 1 is 0.273 bits per heavy atom. The molecule has 1 unspecified atom stereocenters. The van der Waals surface area contributed by atoms with Crippen molar-refractivity contribution in [2.24, 2.45) is 0 Å². The Hall–Kier alpha value is -4.45. The second-order valence-corrected chi connectivity index (χ2v) is 20.6. The van der Waals surface area contributed by atoms with Gasteiger partial charge in [-0.1, -0.05) is 276 Å². The van der Waals surface area contributed by atoms with Gasteiger partial charge in [0.1, 0.15) is 13.2 Å². The molecule has 0 spiro atoms. The molecule has 0 heterocycles. The Morgan fingerprint density at radius 2 is 0.506 bits per heavy atom. The monoisotopic (exact) mass is 1060 g/mol. The van der Waals surface area contributed by atoms with E-state index in [0.29, 0.717) is 19.3 Å². The summed E-state index contributed by atoms with van der Waals surface area (Å²) in [4.78, 5) is 38.1. The van der Waals surface area contributed by atoms with Gasteiger partial charge in [0.15, 0.2) is 6.10 Å². The third-order valence-electron chi connectivity index (χ3n) is 13.2. The molecule has 6 nitrogen and oxygen atoms in total. The third-order valence-corrected chi connectivity index (χ3v) is 13.2. The third kappa shape index (κ3) is 62.3. The van der Waals surface area contributed by atoms with Crippen LogP contribution in [0.1, 0.15) is 278 Å². The topological polar surface area (TPSA) is 78.9 Å². The molecule has 77 heavy (non-hydrogen) atoms. The van der Waals surface area contributed by atoms with Crippen LogP contribution in [0.2, 0.25) is 0 Å². The van der Waals surface area contributed by atoms with Gasteiger partial charge in [0.05, 0.1) is 0 Å². The molecule has 0 bridgehead atoms. The van der Waals surface area contributed by atoms with Gasteiger partial charge in [-0.3, -0.25) is 14.4 Å². The number of esters is 3. The van der Waals surface area contributed by atoms with Crippen LogP contribution in [-0.4, -0.2) is 37.2 Å². The van der Waals surface area contributed by atoms with E-state index in [-0.39, 0.29) is 31.1 Å². The maximum Gasteiger partial charge on any atom is 0.306 e. The molecule has 0 amide bonds. The van der Waals surface area contributed by atoms with Crippen LogP contribution < -0.4 is 0 Å². The zero-order chi connectivity index (χ0) is 55.7. The molecular weight excluding hydrogens is 949 g/mol. The van der Waals surface area contributed by atoms with E-state index in [2.05, 4.69) is 154 Å². The maximum absolute atomic E-state index is 12.9. The first kappa shape index (κ1) is 72.5. The summed E-state index contributed by atoms with van der Waals surface area (Å²) in [6.07, 6.45) is 90.5. The lowest BCUT2D eigenvalue weighted by atomic mass is 10.0. The first-order chi connectivity index (χ1) is 38.0. The molecule has 0 aliphatic heterocycles. The second kappa shape index (κ2) is 64.1. The fraction of sp³-hybridized carbons (Fsp3) is 0.648. The van der Waals surface area contributed by atoms with Crippen molar-refractivity contribution in [2.45, 2.75) is 284 Å². The normalized spacial score (nSPS) is 13.0. The predicted molar refractivity (Wildman–Crippen MR) is 334 cm³/mol. The van der Waals surface area contributed by atoms with Gasteiger partial charge in [-0.15, -0.1) is 0 Å². The van der Waals surface area contributed by atoms with Crippen molar-refractivity contribution >= 4 is 17.9 Å². The Bertz CT molecular complexity index is 1650. The number of allylic oxidation sites excluding steroid dienone is 22. The summed E-state index contributed by atoms with van der Waals surface area (Å²) in [7, 11) is 0. The van der Waals surface area contributed by atoms with Crippen LogP contribution in [0.5, 0.6) is 0 Å². The SMILES string of the molecule is CC/C=C\C/C=C\C/C=C\C/C=C\C/C=C\C/C=C\C/C=C\CCCCCCCCCC(=O)OCC(COC(=O)CCCCCCCCC)OC(=O)CCCCCCCCCCCC/C=C\C/C=C\C/C=C\C/C=C\CC. The molecule has 0 rings (SSSR count). The first-order valence-corrected chi connectivity index (χ1v) is 31.7. The van der Waals surface area contributed by atoms with E-state index in [0.717, 1.165) is 135 Å². The summed E-state index contributed by atoms with van der Waals surface area (Å²) in [5.41, 5.74) is 0. The Labute approximate surface area is 475 Å². The molecule has 0 saturated heterocycles. The minimum Gasteiger partial charge on any atom is -0.462 e. The number of rotatable bonds is 56. The Morgan fingerprint density at radius 3 is 0.792 bits per heavy atom. The zero-order valence-electron chi connectivity index (χ0n) is 49.9. The fourth-order valence-corrected chi connectivity index (χ4v) is 8.47. The highest BCUT2D eigenvalue weighted by atomic mass is 16.6. The quantitative estimate of drug-likeness (QED) is 0.0261. The molecule has 0 aromatic carbocycles. The van der Waals surface area contributed by atoms with Crippen molar-refractivity contribution in [3.63, 3.8) is 0 Å². The standard InChI is InChI=1S/C71H116O6/c1-4-7-10-13-16-18-20-22-24-26-28-30-32-33-34-35-36-37-39-40-42-44-46-48-50-52-55-58-61-64-70(73)76-67-68(66-75-69(72)63-60-57-54-15-12-9-6-3)77-71(74)65-62-59-56-53-51-49-47-45-43-41-38-31-29-27-25-23-21-19-17-14-11-8-5-2/h7-8,10-11,16-19,22-25,28-31,33-34,36-37,40,42,68H,4-6,9,12-15,20-21,26-27,32,35,38-39,41,43-67H2,1-3H3/b10-7-,11-8-,18-16-,19-17-,24-22-,25-23-,30-28-,31-29-,34-33-,37-36-,42-40-. The van der Waals surface area contributed by atoms with Crippen LogP contribution in [0, 0.1) is 0 Å². The van der Waals surface area contributed by atoms with Crippen LogP contribution in [0.3, 0.4) is 0 Å². The van der Waals surface area contributed by atoms with Crippen molar-refractivity contribution in [2.75, 3.05) is 13.2 Å². The second-order valence-electron chi connectivity index (χ2n) is 20.6. The van der Waals surface area contributed by atoms with Gasteiger partial charge in [-0.2, -0.15) is 0 Å². The maximum atomic E-state index is 12.9. The number of unbranched alkanes of at least 4 members (excludes halogenated alkanes) is 23. The number of carbonyl (C=O) groups excluding carboxylic acids is 3. The van der Waals surface area contributed by atoms with Gasteiger partial charge in [0.2, 0.25) is 0 Å². The molecule has 0 fully saturated rings. The van der Waals surface area contributed by atoms with E-state index in [1.807, 2.05) is 0 Å². The van der Waals surface area contributed by atoms with Gasteiger partial charge in [0, 0.05) is 19.3 Å². The fourth-order valence-electron chi connectivity index (χ4n) is 8.47. The minimum absolute atomic E-state index is 0.0853. The molecule has 0 aliphatic carbocycles. The lowest BCUT2D eigenvalue weighted by molar-refractivity contribution is -0.167. The molecule has 1 atom stereocenters. The first-order valence-electron chi connectivity index (χ1n) is 31.7. The molecule has 0 radical (unpaired) electrons. The van der Waals surface area contributed by atoms with E-state index in [9.17, 15) is 14.4 Å². The van der Waals surface area contributed by atoms with Gasteiger partial charge in [0.25, 0.3) is 0 Å². The van der Waals surface area contributed by atoms with E-state index in [4.69, 9.17) is 14.2 Å². The number of carbonyl (C=O) groups is 3. The highest BCUT2D eigenvalue weighted by molar-refractivity contribution is 5.71. The van der Waals surface area contributed by atoms with Crippen molar-refractivity contribution in [1.29, 1.82) is 0 Å². The van der Waals surface area contributed by atoms with Crippen molar-refractivity contribution in [1.82, 2.24) is 0 Å².